The van der Waals surface area contributed by atoms with Crippen LogP contribution in [0.15, 0.2) is 78.9 Å². The predicted molar refractivity (Wildman–Crippen MR) is 136 cm³/mol. The monoisotopic (exact) mass is 450 g/mol. The predicted octanol–water partition coefficient (Wildman–Crippen LogP) is 6.50. The third kappa shape index (κ3) is 4.46. The summed E-state index contributed by atoms with van der Waals surface area (Å²) in [6, 6.07) is 25.3. The molecule has 4 rings (SSSR count). The molecule has 0 radical (unpaired) electrons. The number of carboxylic acid groups (broad SMARTS) is 1. The number of benzene rings is 4. The number of hydrogen-bond acceptors (Lipinski definition) is 3. The Morgan fingerprint density at radius 2 is 1.50 bits per heavy atom. The van der Waals surface area contributed by atoms with Crippen LogP contribution in [0, 0.1) is 11.8 Å². The minimum absolute atomic E-state index is 0.458. The van der Waals surface area contributed by atoms with E-state index in [4.69, 9.17) is 9.47 Å². The van der Waals surface area contributed by atoms with Crippen LogP contribution in [0.5, 0.6) is 11.5 Å². The number of ether oxygens (including phenoxy) is 2. The second-order valence-electron chi connectivity index (χ2n) is 7.93. The minimum Gasteiger partial charge on any atom is -0.493 e. The molecule has 0 spiro atoms. The molecule has 4 heteroatoms. The van der Waals surface area contributed by atoms with E-state index in [1.165, 1.54) is 0 Å². The number of rotatable bonds is 6. The van der Waals surface area contributed by atoms with Gasteiger partial charge in [0.1, 0.15) is 0 Å². The van der Waals surface area contributed by atoms with Gasteiger partial charge in [-0.25, -0.2) is 0 Å². The average molecular weight is 451 g/mol. The Kier molecular flexibility index (Phi) is 6.85. The molecule has 34 heavy (non-hydrogen) atoms. The number of carboxylic acids is 1. The Labute approximate surface area is 199 Å². The van der Waals surface area contributed by atoms with Crippen molar-refractivity contribution in [2.75, 3.05) is 14.2 Å². The van der Waals surface area contributed by atoms with Gasteiger partial charge in [-0.2, -0.15) is 0 Å². The first-order valence-corrected chi connectivity index (χ1v) is 11.1. The van der Waals surface area contributed by atoms with Crippen molar-refractivity contribution in [1.29, 1.82) is 0 Å². The van der Waals surface area contributed by atoms with Gasteiger partial charge in [0.2, 0.25) is 0 Å². The molecule has 0 bridgehead atoms. The van der Waals surface area contributed by atoms with Gasteiger partial charge in [-0.1, -0.05) is 67.3 Å². The fourth-order valence-corrected chi connectivity index (χ4v) is 4.25. The van der Waals surface area contributed by atoms with Crippen LogP contribution in [-0.2, 0) is 4.79 Å². The van der Waals surface area contributed by atoms with Gasteiger partial charge in [0.25, 0.3) is 0 Å². The van der Waals surface area contributed by atoms with Crippen LogP contribution in [0.3, 0.4) is 0 Å². The number of carbonyl (C=O) groups is 1. The summed E-state index contributed by atoms with van der Waals surface area (Å²) in [6.07, 6.45) is 0.458. The number of fused-ring (bicyclic) bond motifs is 1. The molecule has 170 valence electrons. The summed E-state index contributed by atoms with van der Waals surface area (Å²) < 4.78 is 11.1. The van der Waals surface area contributed by atoms with Crippen LogP contribution in [-0.4, -0.2) is 25.3 Å². The van der Waals surface area contributed by atoms with Crippen molar-refractivity contribution in [3.05, 3.63) is 95.6 Å². The van der Waals surface area contributed by atoms with E-state index in [0.717, 1.165) is 38.6 Å². The second kappa shape index (κ2) is 10.1. The van der Waals surface area contributed by atoms with Crippen molar-refractivity contribution in [3.63, 3.8) is 0 Å². The van der Waals surface area contributed by atoms with E-state index in [-0.39, 0.29) is 0 Å². The number of hydrogen-bond donors (Lipinski definition) is 1. The van der Waals surface area contributed by atoms with Gasteiger partial charge in [0.15, 0.2) is 11.5 Å². The lowest BCUT2D eigenvalue weighted by atomic mass is 9.83. The van der Waals surface area contributed by atoms with Gasteiger partial charge in [-0.05, 0) is 53.3 Å². The molecule has 4 aromatic carbocycles. The van der Waals surface area contributed by atoms with Gasteiger partial charge >= 0.3 is 5.97 Å². The molecule has 0 aliphatic carbocycles. The van der Waals surface area contributed by atoms with Crippen molar-refractivity contribution in [2.24, 2.45) is 0 Å². The topological polar surface area (TPSA) is 55.8 Å². The third-order valence-electron chi connectivity index (χ3n) is 5.92. The lowest BCUT2D eigenvalue weighted by molar-refractivity contribution is -0.138. The maximum absolute atomic E-state index is 12.3. The molecule has 0 saturated carbocycles. The standard InChI is InChI=1S/C30H26O4/c1-4-23(30(31)32)26-17-22-18-27(33-2)28(34-3)19-25(22)24(16-15-20-11-7-5-8-12-20)29(26)21-13-9-6-10-14-21/h5-14,17-19,23H,4H2,1-3H3,(H,31,32). The summed E-state index contributed by atoms with van der Waals surface area (Å²) in [7, 11) is 3.19. The molecule has 0 aliphatic rings. The number of methoxy groups -OCH3 is 2. The Bertz CT molecular complexity index is 1380. The first-order chi connectivity index (χ1) is 16.6. The van der Waals surface area contributed by atoms with E-state index in [1.54, 1.807) is 14.2 Å². The molecule has 1 atom stereocenters. The normalized spacial score (nSPS) is 11.4. The summed E-state index contributed by atoms with van der Waals surface area (Å²) >= 11 is 0. The van der Waals surface area contributed by atoms with Gasteiger partial charge < -0.3 is 14.6 Å². The van der Waals surface area contributed by atoms with E-state index >= 15 is 0 Å². The Balaban J connectivity index is 2.16. The highest BCUT2D eigenvalue weighted by molar-refractivity contribution is 6.00. The summed E-state index contributed by atoms with van der Waals surface area (Å²) in [6.45, 7) is 1.89. The molecule has 1 unspecified atom stereocenters. The zero-order chi connectivity index (χ0) is 24.1. The van der Waals surface area contributed by atoms with Gasteiger partial charge in [0, 0.05) is 22.1 Å². The van der Waals surface area contributed by atoms with E-state index in [0.29, 0.717) is 17.9 Å². The Morgan fingerprint density at radius 3 is 2.09 bits per heavy atom. The van der Waals surface area contributed by atoms with Crippen molar-refractivity contribution < 1.29 is 19.4 Å². The summed E-state index contributed by atoms with van der Waals surface area (Å²) in [5.41, 5.74) is 4.14. The van der Waals surface area contributed by atoms with Crippen LogP contribution in [0.1, 0.15) is 36.0 Å². The zero-order valence-corrected chi connectivity index (χ0v) is 19.5. The van der Waals surface area contributed by atoms with Crippen LogP contribution in [0.25, 0.3) is 21.9 Å². The van der Waals surface area contributed by atoms with Crippen molar-refractivity contribution in [1.82, 2.24) is 0 Å². The van der Waals surface area contributed by atoms with Gasteiger partial charge in [0.05, 0.1) is 20.1 Å². The zero-order valence-electron chi connectivity index (χ0n) is 19.5. The second-order valence-corrected chi connectivity index (χ2v) is 7.93. The molecule has 0 amide bonds. The van der Waals surface area contributed by atoms with Crippen LogP contribution >= 0.6 is 0 Å². The highest BCUT2D eigenvalue weighted by Crippen LogP contribution is 2.42. The van der Waals surface area contributed by atoms with E-state index in [1.807, 2.05) is 85.8 Å². The van der Waals surface area contributed by atoms with Gasteiger partial charge in [-0.15, -0.1) is 0 Å². The average Bonchev–Trinajstić information content (AvgIpc) is 2.87. The van der Waals surface area contributed by atoms with Crippen molar-refractivity contribution >= 4 is 16.7 Å². The van der Waals surface area contributed by atoms with Gasteiger partial charge in [-0.3, -0.25) is 4.79 Å². The molecule has 0 aliphatic heterocycles. The van der Waals surface area contributed by atoms with Crippen molar-refractivity contribution in [3.8, 4) is 34.5 Å². The lowest BCUT2D eigenvalue weighted by Crippen LogP contribution is -2.12. The molecular weight excluding hydrogens is 424 g/mol. The lowest BCUT2D eigenvalue weighted by Gasteiger charge is -2.21. The molecule has 0 fully saturated rings. The minimum atomic E-state index is -0.860. The number of aliphatic carboxylic acids is 1. The first kappa shape index (κ1) is 22.9. The molecule has 4 aromatic rings. The summed E-state index contributed by atoms with van der Waals surface area (Å²) in [5, 5.41) is 11.8. The molecule has 1 N–H and O–H groups in total. The van der Waals surface area contributed by atoms with Crippen LogP contribution < -0.4 is 9.47 Å². The third-order valence-corrected chi connectivity index (χ3v) is 5.92. The molecule has 0 aromatic heterocycles. The quantitative estimate of drug-likeness (QED) is 0.341. The van der Waals surface area contributed by atoms with Crippen LogP contribution in [0.4, 0.5) is 0 Å². The maximum Gasteiger partial charge on any atom is 0.310 e. The maximum atomic E-state index is 12.3. The smallest absolute Gasteiger partial charge is 0.310 e. The van der Waals surface area contributed by atoms with E-state index in [2.05, 4.69) is 11.8 Å². The Morgan fingerprint density at radius 1 is 0.882 bits per heavy atom. The molecule has 4 nitrogen and oxygen atoms in total. The largest absolute Gasteiger partial charge is 0.493 e. The highest BCUT2D eigenvalue weighted by Gasteiger charge is 2.25. The Hall–Kier alpha value is -4.23. The van der Waals surface area contributed by atoms with Crippen molar-refractivity contribution in [2.45, 2.75) is 19.3 Å². The molecule has 0 saturated heterocycles. The van der Waals surface area contributed by atoms with E-state index in [9.17, 15) is 9.90 Å². The molecule has 0 heterocycles. The first-order valence-electron chi connectivity index (χ1n) is 11.1. The highest BCUT2D eigenvalue weighted by atomic mass is 16.5. The van der Waals surface area contributed by atoms with E-state index < -0.39 is 11.9 Å². The molecular formula is C30H26O4. The SMILES string of the molecule is CCC(C(=O)O)c1cc2cc(OC)c(OC)cc2c(C#Cc2ccccc2)c1-c1ccccc1. The van der Waals surface area contributed by atoms with Crippen LogP contribution in [0.2, 0.25) is 0 Å². The summed E-state index contributed by atoms with van der Waals surface area (Å²) in [4.78, 5) is 12.3. The fourth-order valence-electron chi connectivity index (χ4n) is 4.25. The fraction of sp³-hybridized carbons (Fsp3) is 0.167. The summed E-state index contributed by atoms with van der Waals surface area (Å²) in [5.74, 6) is 6.29.